The molecule has 1 aromatic carbocycles. The van der Waals surface area contributed by atoms with Crippen LogP contribution in [0.2, 0.25) is 0 Å². The quantitative estimate of drug-likeness (QED) is 0.696. The van der Waals surface area contributed by atoms with Gasteiger partial charge in [0.1, 0.15) is 16.5 Å². The minimum Gasteiger partial charge on any atom is -0.397 e. The van der Waals surface area contributed by atoms with Crippen LogP contribution in [0.4, 0.5) is 4.79 Å². The molecule has 1 saturated heterocycles. The summed E-state index contributed by atoms with van der Waals surface area (Å²) in [5.74, 6) is 0.723. The molecule has 0 unspecified atom stereocenters. The smallest absolute Gasteiger partial charge is 0.397 e. The van der Waals surface area contributed by atoms with E-state index in [1.54, 1.807) is 0 Å². The van der Waals surface area contributed by atoms with Gasteiger partial charge < -0.3 is 19.3 Å². The Morgan fingerprint density at radius 1 is 1.32 bits per heavy atom. The summed E-state index contributed by atoms with van der Waals surface area (Å²) in [6.45, 7) is 3.05. The van der Waals surface area contributed by atoms with Gasteiger partial charge in [0, 0.05) is 17.7 Å². The van der Waals surface area contributed by atoms with Crippen molar-refractivity contribution in [2.75, 3.05) is 13.2 Å². The Hall–Kier alpha value is -2.97. The fourth-order valence-electron chi connectivity index (χ4n) is 2.87. The number of carbonyl (C=O) groups excluding carboxylic acids is 1. The summed E-state index contributed by atoms with van der Waals surface area (Å²) in [5, 5.41) is 8.08. The van der Waals surface area contributed by atoms with Crippen LogP contribution in [0.5, 0.6) is 5.06 Å². The lowest BCUT2D eigenvalue weighted by molar-refractivity contribution is 0.179. The van der Waals surface area contributed by atoms with Gasteiger partial charge in [0.15, 0.2) is 0 Å². The van der Waals surface area contributed by atoms with Crippen molar-refractivity contribution in [1.29, 1.82) is 0 Å². The summed E-state index contributed by atoms with van der Waals surface area (Å²) in [5.41, 5.74) is 2.65. The van der Waals surface area contributed by atoms with Crippen molar-refractivity contribution in [2.24, 2.45) is 0 Å². The van der Waals surface area contributed by atoms with Crippen molar-refractivity contribution in [1.82, 2.24) is 15.5 Å². The SMILES string of the molecule is Cc1onc(-c2ccccc2)c1/C=C/c1ncc(OC(=O)N[C@@H]2CCOC2)s1. The van der Waals surface area contributed by atoms with Gasteiger partial charge in [-0.2, -0.15) is 0 Å². The van der Waals surface area contributed by atoms with Crippen LogP contribution in [0.25, 0.3) is 23.4 Å². The van der Waals surface area contributed by atoms with Crippen LogP contribution in [0.15, 0.2) is 41.1 Å². The Kier molecular flexibility index (Phi) is 5.50. The molecule has 8 heteroatoms. The maximum atomic E-state index is 11.9. The molecule has 144 valence electrons. The summed E-state index contributed by atoms with van der Waals surface area (Å²) in [6, 6.07) is 9.85. The molecule has 0 spiro atoms. The average molecular weight is 397 g/mol. The van der Waals surface area contributed by atoms with Crippen molar-refractivity contribution < 1.29 is 18.8 Å². The van der Waals surface area contributed by atoms with E-state index < -0.39 is 6.09 Å². The number of thiazole rings is 1. The van der Waals surface area contributed by atoms with Gasteiger partial charge in [-0.15, -0.1) is 0 Å². The van der Waals surface area contributed by atoms with Crippen LogP contribution in [0.1, 0.15) is 22.8 Å². The summed E-state index contributed by atoms with van der Waals surface area (Å²) in [6.07, 6.45) is 5.61. The molecular weight excluding hydrogens is 378 g/mol. The molecule has 0 aliphatic carbocycles. The highest BCUT2D eigenvalue weighted by molar-refractivity contribution is 7.14. The van der Waals surface area contributed by atoms with E-state index in [2.05, 4.69) is 15.5 Å². The van der Waals surface area contributed by atoms with Crippen LogP contribution < -0.4 is 10.1 Å². The molecule has 7 nitrogen and oxygen atoms in total. The Labute approximate surface area is 166 Å². The van der Waals surface area contributed by atoms with Crippen molar-refractivity contribution in [3.8, 4) is 16.3 Å². The number of ether oxygens (including phenoxy) is 2. The predicted octanol–water partition coefficient (Wildman–Crippen LogP) is 4.15. The van der Waals surface area contributed by atoms with Gasteiger partial charge in [-0.1, -0.05) is 46.8 Å². The lowest BCUT2D eigenvalue weighted by atomic mass is 10.1. The van der Waals surface area contributed by atoms with Gasteiger partial charge in [-0.25, -0.2) is 9.78 Å². The first-order valence-electron chi connectivity index (χ1n) is 8.91. The maximum absolute atomic E-state index is 11.9. The van der Waals surface area contributed by atoms with E-state index in [1.165, 1.54) is 17.5 Å². The second-order valence-corrected chi connectivity index (χ2v) is 7.34. The molecule has 1 atom stereocenters. The molecule has 3 aromatic rings. The number of rotatable bonds is 5. The second kappa shape index (κ2) is 8.37. The van der Waals surface area contributed by atoms with Crippen molar-refractivity contribution in [3.05, 3.63) is 52.9 Å². The molecule has 0 bridgehead atoms. The molecule has 1 aliphatic rings. The maximum Gasteiger partial charge on any atom is 0.413 e. The number of nitrogens with one attached hydrogen (secondary N) is 1. The summed E-state index contributed by atoms with van der Waals surface area (Å²) >= 11 is 1.29. The number of carbonyl (C=O) groups is 1. The molecule has 0 saturated carbocycles. The third-order valence-electron chi connectivity index (χ3n) is 4.30. The third-order valence-corrected chi connectivity index (χ3v) is 5.14. The summed E-state index contributed by atoms with van der Waals surface area (Å²) in [4.78, 5) is 16.2. The number of aromatic nitrogens is 2. The fraction of sp³-hybridized carbons (Fsp3) is 0.250. The standard InChI is InChI=1S/C20H19N3O4S/c1-13-16(19(23-27-13)14-5-3-2-4-6-14)7-8-17-21-11-18(28-17)26-20(24)22-15-9-10-25-12-15/h2-8,11,15H,9-10,12H2,1H3,(H,22,24)/b8-7+/t15-/m1/s1. The number of amides is 1. The Balaban J connectivity index is 1.43. The first-order chi connectivity index (χ1) is 13.7. The zero-order chi connectivity index (χ0) is 19.3. The van der Waals surface area contributed by atoms with Gasteiger partial charge in [0.2, 0.25) is 5.06 Å². The molecule has 1 fully saturated rings. The van der Waals surface area contributed by atoms with Crippen molar-refractivity contribution in [3.63, 3.8) is 0 Å². The van der Waals surface area contributed by atoms with E-state index in [9.17, 15) is 4.79 Å². The predicted molar refractivity (Wildman–Crippen MR) is 106 cm³/mol. The van der Waals surface area contributed by atoms with Crippen LogP contribution in [0, 0.1) is 6.92 Å². The fourth-order valence-corrected chi connectivity index (χ4v) is 3.54. The first-order valence-corrected chi connectivity index (χ1v) is 9.72. The van der Waals surface area contributed by atoms with E-state index in [-0.39, 0.29) is 6.04 Å². The average Bonchev–Trinajstić information content (AvgIpc) is 3.43. The lowest BCUT2D eigenvalue weighted by Crippen LogP contribution is -2.36. The van der Waals surface area contributed by atoms with Gasteiger partial charge in [0.25, 0.3) is 0 Å². The van der Waals surface area contributed by atoms with Gasteiger partial charge >= 0.3 is 6.09 Å². The van der Waals surface area contributed by atoms with Crippen LogP contribution >= 0.6 is 11.3 Å². The number of hydrogen-bond acceptors (Lipinski definition) is 7. The third kappa shape index (κ3) is 4.29. The zero-order valence-electron chi connectivity index (χ0n) is 15.3. The Morgan fingerprint density at radius 3 is 2.96 bits per heavy atom. The highest BCUT2D eigenvalue weighted by Crippen LogP contribution is 2.28. The topological polar surface area (TPSA) is 86.5 Å². The highest BCUT2D eigenvalue weighted by Gasteiger charge is 2.19. The largest absolute Gasteiger partial charge is 0.413 e. The van der Waals surface area contributed by atoms with Crippen molar-refractivity contribution in [2.45, 2.75) is 19.4 Å². The van der Waals surface area contributed by atoms with E-state index in [0.717, 1.165) is 29.0 Å². The second-order valence-electron chi connectivity index (χ2n) is 6.31. The highest BCUT2D eigenvalue weighted by atomic mass is 32.1. The number of hydrogen-bond donors (Lipinski definition) is 1. The normalized spacial score (nSPS) is 16.5. The van der Waals surface area contributed by atoms with Gasteiger partial charge in [-0.3, -0.25) is 0 Å². The van der Waals surface area contributed by atoms with E-state index in [0.29, 0.717) is 23.3 Å². The monoisotopic (exact) mass is 397 g/mol. The molecule has 4 rings (SSSR count). The molecule has 1 N–H and O–H groups in total. The number of aryl methyl sites for hydroxylation is 1. The minimum absolute atomic E-state index is 0.00719. The zero-order valence-corrected chi connectivity index (χ0v) is 16.1. The summed E-state index contributed by atoms with van der Waals surface area (Å²) in [7, 11) is 0. The summed E-state index contributed by atoms with van der Waals surface area (Å²) < 4.78 is 15.9. The van der Waals surface area contributed by atoms with E-state index in [4.69, 9.17) is 14.0 Å². The first kappa shape index (κ1) is 18.4. The minimum atomic E-state index is -0.490. The Bertz CT molecular complexity index is 975. The molecule has 1 aliphatic heterocycles. The van der Waals surface area contributed by atoms with Crippen molar-refractivity contribution >= 4 is 29.6 Å². The van der Waals surface area contributed by atoms with Gasteiger partial charge in [0.05, 0.1) is 18.8 Å². The van der Waals surface area contributed by atoms with Crippen LogP contribution in [-0.4, -0.2) is 35.5 Å². The number of benzene rings is 1. The lowest BCUT2D eigenvalue weighted by Gasteiger charge is -2.09. The molecular formula is C20H19N3O4S. The van der Waals surface area contributed by atoms with Gasteiger partial charge in [-0.05, 0) is 25.5 Å². The molecule has 1 amide bonds. The number of nitrogens with zero attached hydrogens (tertiary/aromatic N) is 2. The molecule has 3 heterocycles. The molecule has 0 radical (unpaired) electrons. The molecule has 2 aromatic heterocycles. The Morgan fingerprint density at radius 2 is 2.18 bits per heavy atom. The van der Waals surface area contributed by atoms with E-state index in [1.807, 2.05) is 49.4 Å². The van der Waals surface area contributed by atoms with Crippen LogP contribution in [-0.2, 0) is 4.74 Å². The molecule has 28 heavy (non-hydrogen) atoms. The van der Waals surface area contributed by atoms with E-state index >= 15 is 0 Å². The van der Waals surface area contributed by atoms with Crippen LogP contribution in [0.3, 0.4) is 0 Å².